The predicted octanol–water partition coefficient (Wildman–Crippen LogP) is 5.66. The maximum atomic E-state index is 13.1. The number of aliphatic hydroxyl groups excluding tert-OH is 1. The van der Waals surface area contributed by atoms with Crippen molar-refractivity contribution in [1.82, 2.24) is 4.90 Å². The van der Waals surface area contributed by atoms with Crippen LogP contribution in [0.15, 0.2) is 12.1 Å². The van der Waals surface area contributed by atoms with Crippen LogP contribution in [0.5, 0.6) is 0 Å². The molecule has 1 fully saturated rings. The Morgan fingerprint density at radius 1 is 1.19 bits per heavy atom. The van der Waals surface area contributed by atoms with Crippen molar-refractivity contribution < 1.29 is 19.6 Å². The largest absolute Gasteiger partial charge is 0.388 e. The van der Waals surface area contributed by atoms with Gasteiger partial charge in [-0.2, -0.15) is 0 Å². The first-order valence-corrected chi connectivity index (χ1v) is 12.0. The Hall–Kier alpha value is -2.28. The minimum atomic E-state index is -1.11. The van der Waals surface area contributed by atoms with E-state index in [0.29, 0.717) is 5.56 Å². The maximum absolute atomic E-state index is 13.1. The van der Waals surface area contributed by atoms with Gasteiger partial charge in [0.15, 0.2) is 5.78 Å². The van der Waals surface area contributed by atoms with E-state index in [4.69, 9.17) is 0 Å². The van der Waals surface area contributed by atoms with Crippen LogP contribution in [-0.2, 0) is 4.79 Å². The second kappa shape index (κ2) is 12.7. The number of nitro groups is 1. The Labute approximate surface area is 191 Å². The first kappa shape index (κ1) is 26.0. The number of ketones is 1. The number of nitro benzene ring substituents is 1. The molecule has 2 rings (SSSR count). The van der Waals surface area contributed by atoms with Gasteiger partial charge in [0.05, 0.1) is 11.0 Å². The van der Waals surface area contributed by atoms with Crippen LogP contribution in [0.4, 0.5) is 5.69 Å². The molecule has 178 valence electrons. The summed E-state index contributed by atoms with van der Waals surface area (Å²) in [6.07, 6.45) is 9.13. The fourth-order valence-corrected chi connectivity index (χ4v) is 4.76. The standard InChI is InChI=1S/C25H38N2O5/c1-4-5-6-10-15-26(20-11-8-7-9-12-20)24(30)14-13-23(29)21-16-18(2)17-22(27(31)32)25(21)19(3)28/h16-17,20,23,29H,4-15H2,1-3H3. The summed E-state index contributed by atoms with van der Waals surface area (Å²) in [7, 11) is 0. The van der Waals surface area contributed by atoms with Gasteiger partial charge in [-0.1, -0.05) is 51.5 Å². The molecule has 1 atom stereocenters. The summed E-state index contributed by atoms with van der Waals surface area (Å²) in [5, 5.41) is 22.3. The molecule has 0 spiro atoms. The predicted molar refractivity (Wildman–Crippen MR) is 125 cm³/mol. The third kappa shape index (κ3) is 7.12. The van der Waals surface area contributed by atoms with Gasteiger partial charge in [-0.05, 0) is 50.7 Å². The van der Waals surface area contributed by atoms with Crippen LogP contribution >= 0.6 is 0 Å². The number of rotatable bonds is 12. The average Bonchev–Trinajstić information content (AvgIpc) is 2.77. The van der Waals surface area contributed by atoms with Crippen molar-refractivity contribution in [3.8, 4) is 0 Å². The normalized spacial score (nSPS) is 15.4. The van der Waals surface area contributed by atoms with Crippen LogP contribution < -0.4 is 0 Å². The van der Waals surface area contributed by atoms with Crippen LogP contribution in [0, 0.1) is 17.0 Å². The summed E-state index contributed by atoms with van der Waals surface area (Å²) in [6.45, 7) is 5.87. The molecule has 1 aromatic rings. The zero-order chi connectivity index (χ0) is 23.7. The van der Waals surface area contributed by atoms with Crippen molar-refractivity contribution in [2.75, 3.05) is 6.54 Å². The molecule has 0 heterocycles. The number of carbonyl (C=O) groups excluding carboxylic acids is 2. The highest BCUT2D eigenvalue weighted by atomic mass is 16.6. The molecular weight excluding hydrogens is 408 g/mol. The van der Waals surface area contributed by atoms with E-state index in [1.54, 1.807) is 13.0 Å². The molecule has 1 aliphatic carbocycles. The minimum absolute atomic E-state index is 0.0268. The van der Waals surface area contributed by atoms with Crippen molar-refractivity contribution in [2.45, 2.75) is 104 Å². The molecule has 1 N–H and O–H groups in total. The number of unbranched alkanes of at least 4 members (excludes halogenated alkanes) is 3. The first-order chi connectivity index (χ1) is 15.3. The van der Waals surface area contributed by atoms with Gasteiger partial charge in [-0.25, -0.2) is 0 Å². The molecule has 1 aromatic carbocycles. The third-order valence-electron chi connectivity index (χ3n) is 6.42. The van der Waals surface area contributed by atoms with Crippen LogP contribution in [0.2, 0.25) is 0 Å². The molecule has 32 heavy (non-hydrogen) atoms. The number of aryl methyl sites for hydroxylation is 1. The van der Waals surface area contributed by atoms with E-state index in [1.165, 1.54) is 19.4 Å². The molecule has 0 aromatic heterocycles. The monoisotopic (exact) mass is 446 g/mol. The Morgan fingerprint density at radius 3 is 2.47 bits per heavy atom. The van der Waals surface area contributed by atoms with Gasteiger partial charge in [0.25, 0.3) is 5.69 Å². The third-order valence-corrected chi connectivity index (χ3v) is 6.42. The van der Waals surface area contributed by atoms with Gasteiger partial charge in [0, 0.05) is 25.1 Å². The quantitative estimate of drug-likeness (QED) is 0.193. The van der Waals surface area contributed by atoms with E-state index in [-0.39, 0.29) is 41.6 Å². The van der Waals surface area contributed by atoms with Crippen LogP contribution in [0.3, 0.4) is 0 Å². The lowest BCUT2D eigenvalue weighted by atomic mass is 9.92. The summed E-state index contributed by atoms with van der Waals surface area (Å²) in [5.74, 6) is -0.434. The number of aliphatic hydroxyl groups is 1. The molecule has 1 amide bonds. The Kier molecular flexibility index (Phi) is 10.3. The van der Waals surface area contributed by atoms with E-state index in [9.17, 15) is 24.8 Å². The average molecular weight is 447 g/mol. The molecule has 0 radical (unpaired) electrons. The molecule has 0 saturated heterocycles. The minimum Gasteiger partial charge on any atom is -0.388 e. The van der Waals surface area contributed by atoms with Crippen molar-refractivity contribution in [1.29, 1.82) is 0 Å². The highest BCUT2D eigenvalue weighted by molar-refractivity contribution is 5.99. The van der Waals surface area contributed by atoms with Crippen molar-refractivity contribution >= 4 is 17.4 Å². The Bertz CT molecular complexity index is 802. The molecule has 1 saturated carbocycles. The first-order valence-electron chi connectivity index (χ1n) is 12.0. The summed E-state index contributed by atoms with van der Waals surface area (Å²) < 4.78 is 0. The Balaban J connectivity index is 2.13. The Morgan fingerprint density at radius 2 is 1.88 bits per heavy atom. The van der Waals surface area contributed by atoms with E-state index in [1.807, 2.05) is 4.90 Å². The van der Waals surface area contributed by atoms with Crippen molar-refractivity contribution in [2.24, 2.45) is 0 Å². The maximum Gasteiger partial charge on any atom is 0.280 e. The molecule has 1 unspecified atom stereocenters. The molecular formula is C25H38N2O5. The topological polar surface area (TPSA) is 101 Å². The van der Waals surface area contributed by atoms with E-state index < -0.39 is 16.8 Å². The van der Waals surface area contributed by atoms with Gasteiger partial charge in [0.2, 0.25) is 5.91 Å². The lowest BCUT2D eigenvalue weighted by Crippen LogP contribution is -2.42. The summed E-state index contributed by atoms with van der Waals surface area (Å²) in [4.78, 5) is 38.1. The smallest absolute Gasteiger partial charge is 0.280 e. The number of benzene rings is 1. The van der Waals surface area contributed by atoms with Crippen molar-refractivity contribution in [3.63, 3.8) is 0 Å². The fraction of sp³-hybridized carbons (Fsp3) is 0.680. The number of hydrogen-bond donors (Lipinski definition) is 1. The van der Waals surface area contributed by atoms with Crippen LogP contribution in [-0.4, -0.2) is 39.2 Å². The van der Waals surface area contributed by atoms with Crippen molar-refractivity contribution in [3.05, 3.63) is 38.9 Å². The zero-order valence-electron chi connectivity index (χ0n) is 19.8. The number of nitrogens with zero attached hydrogens (tertiary/aromatic N) is 2. The summed E-state index contributed by atoms with van der Waals surface area (Å²) in [5.41, 5.74) is 0.480. The van der Waals surface area contributed by atoms with Gasteiger partial charge < -0.3 is 10.0 Å². The molecule has 1 aliphatic rings. The van der Waals surface area contributed by atoms with Gasteiger partial charge in [-0.3, -0.25) is 19.7 Å². The SMILES string of the molecule is CCCCCCN(C(=O)CCC(O)c1cc(C)cc([N+](=O)[O-])c1C(C)=O)C1CCCCC1. The highest BCUT2D eigenvalue weighted by Gasteiger charge is 2.28. The highest BCUT2D eigenvalue weighted by Crippen LogP contribution is 2.32. The van der Waals surface area contributed by atoms with E-state index in [2.05, 4.69) is 6.92 Å². The lowest BCUT2D eigenvalue weighted by Gasteiger charge is -2.35. The second-order valence-corrected chi connectivity index (χ2v) is 9.06. The molecule has 7 heteroatoms. The molecule has 0 aliphatic heterocycles. The number of Topliss-reactive ketones (excluding diaryl/α,β-unsaturated/α-hetero) is 1. The van der Waals surface area contributed by atoms with Crippen LogP contribution in [0.1, 0.15) is 112 Å². The number of amides is 1. The van der Waals surface area contributed by atoms with E-state index >= 15 is 0 Å². The number of carbonyl (C=O) groups is 2. The fourth-order valence-electron chi connectivity index (χ4n) is 4.76. The van der Waals surface area contributed by atoms with Crippen LogP contribution in [0.25, 0.3) is 0 Å². The van der Waals surface area contributed by atoms with Gasteiger partial charge in [0.1, 0.15) is 5.56 Å². The summed E-state index contributed by atoms with van der Waals surface area (Å²) in [6, 6.07) is 3.23. The van der Waals surface area contributed by atoms with E-state index in [0.717, 1.165) is 57.9 Å². The second-order valence-electron chi connectivity index (χ2n) is 9.06. The lowest BCUT2D eigenvalue weighted by molar-refractivity contribution is -0.385. The number of hydrogen-bond acceptors (Lipinski definition) is 5. The molecule has 7 nitrogen and oxygen atoms in total. The summed E-state index contributed by atoms with van der Waals surface area (Å²) >= 11 is 0. The molecule has 0 bridgehead atoms. The zero-order valence-corrected chi connectivity index (χ0v) is 19.8. The van der Waals surface area contributed by atoms with Gasteiger partial charge in [-0.15, -0.1) is 0 Å². The van der Waals surface area contributed by atoms with Gasteiger partial charge >= 0.3 is 0 Å².